The number of aromatic amines is 1. The number of hydrogen-bond donors (Lipinski definition) is 8. The summed E-state index contributed by atoms with van der Waals surface area (Å²) < 4.78 is 0. The molecule has 3 aromatic rings. The van der Waals surface area contributed by atoms with Crippen molar-refractivity contribution in [1.29, 1.82) is 0 Å². The van der Waals surface area contributed by atoms with Gasteiger partial charge in [0.2, 0.25) is 17.7 Å². The van der Waals surface area contributed by atoms with Crippen LogP contribution in [0.3, 0.4) is 0 Å². The Bertz CT molecular complexity index is 1350. The molecule has 3 amide bonds. The van der Waals surface area contributed by atoms with Gasteiger partial charge in [-0.15, -0.1) is 0 Å². The summed E-state index contributed by atoms with van der Waals surface area (Å²) in [6.45, 7) is 0. The Morgan fingerprint density at radius 3 is 2.22 bits per heavy atom. The summed E-state index contributed by atoms with van der Waals surface area (Å²) in [6, 6.07) is 9.12. The van der Waals surface area contributed by atoms with Crippen LogP contribution in [0, 0.1) is 0 Å². The number of carbonyl (C=O) groups excluding carboxylic acids is 3. The molecule has 0 bridgehead atoms. The summed E-state index contributed by atoms with van der Waals surface area (Å²) in [4.78, 5) is 54.4. The van der Waals surface area contributed by atoms with Crippen molar-refractivity contribution in [1.82, 2.24) is 20.9 Å². The third-order valence-electron chi connectivity index (χ3n) is 6.51. The van der Waals surface area contributed by atoms with Crippen LogP contribution in [0.2, 0.25) is 0 Å². The predicted octanol–water partition coefficient (Wildman–Crippen LogP) is 1.21. The molecule has 3 rings (SSSR count). The number of benzene rings is 2. The summed E-state index contributed by atoms with van der Waals surface area (Å²) in [5.41, 5.74) is 8.27. The predicted molar refractivity (Wildman–Crippen MR) is 162 cm³/mol. The van der Waals surface area contributed by atoms with Crippen molar-refractivity contribution < 1.29 is 29.4 Å². The molecule has 0 saturated carbocycles. The average Bonchev–Trinajstić information content (AvgIpc) is 3.37. The molecule has 1 heterocycles. The summed E-state index contributed by atoms with van der Waals surface area (Å²) in [6.07, 6.45) is 4.17. The smallest absolute Gasteiger partial charge is 0.326 e. The molecule has 220 valence electrons. The van der Waals surface area contributed by atoms with Crippen LogP contribution in [0.1, 0.15) is 17.5 Å². The second-order valence-corrected chi connectivity index (χ2v) is 10.9. The average molecular weight is 602 g/mol. The molecule has 0 aliphatic rings. The van der Waals surface area contributed by atoms with Crippen molar-refractivity contribution in [2.45, 2.75) is 43.4 Å². The number of aliphatic carboxylic acids is 1. The van der Waals surface area contributed by atoms with E-state index in [-0.39, 0.29) is 24.3 Å². The number of aromatic hydroxyl groups is 1. The van der Waals surface area contributed by atoms with Gasteiger partial charge in [-0.25, -0.2) is 4.79 Å². The Morgan fingerprint density at radius 2 is 1.56 bits per heavy atom. The number of nitrogens with one attached hydrogen (secondary N) is 4. The lowest BCUT2D eigenvalue weighted by molar-refractivity contribution is -0.142. The summed E-state index contributed by atoms with van der Waals surface area (Å²) in [5.74, 6) is -2.56. The van der Waals surface area contributed by atoms with Crippen molar-refractivity contribution in [3.05, 3.63) is 65.9 Å². The van der Waals surface area contributed by atoms with Crippen LogP contribution < -0.4 is 21.7 Å². The topological polar surface area (TPSA) is 187 Å². The number of fused-ring (bicyclic) bond motifs is 1. The highest BCUT2D eigenvalue weighted by Crippen LogP contribution is 2.19. The highest BCUT2D eigenvalue weighted by atomic mass is 32.2. The molecule has 4 unspecified atom stereocenters. The van der Waals surface area contributed by atoms with Gasteiger partial charge >= 0.3 is 5.97 Å². The number of thioether (sulfide) groups is 1. The number of para-hydroxylation sites is 1. The fourth-order valence-corrected chi connectivity index (χ4v) is 4.94. The molecular weight excluding hydrogens is 566 g/mol. The lowest BCUT2D eigenvalue weighted by Crippen LogP contribution is -2.58. The first-order valence-electron chi connectivity index (χ1n) is 12.9. The third-order valence-corrected chi connectivity index (χ3v) is 7.52. The number of nitrogens with two attached hydrogens (primary N) is 1. The Labute approximate surface area is 247 Å². The highest BCUT2D eigenvalue weighted by Gasteiger charge is 2.30. The Hall–Kier alpha value is -3.68. The molecule has 4 atom stereocenters. The number of hydrogen-bond acceptors (Lipinski definition) is 8. The largest absolute Gasteiger partial charge is 0.508 e. The molecule has 8 N–H and O–H groups in total. The van der Waals surface area contributed by atoms with Crippen LogP contribution in [0.15, 0.2) is 54.7 Å². The molecule has 0 aliphatic carbocycles. The van der Waals surface area contributed by atoms with E-state index in [1.165, 1.54) is 12.1 Å². The number of H-pyrrole nitrogens is 1. The number of thiol groups is 1. The quantitative estimate of drug-likeness (QED) is 0.119. The third kappa shape index (κ3) is 9.17. The summed E-state index contributed by atoms with van der Waals surface area (Å²) in [5, 5.41) is 27.8. The van der Waals surface area contributed by atoms with E-state index in [9.17, 15) is 29.4 Å². The molecular formula is C28H35N5O6S2. The molecule has 11 nitrogen and oxygen atoms in total. The zero-order valence-corrected chi connectivity index (χ0v) is 24.2. The molecule has 0 radical (unpaired) electrons. The maximum atomic E-state index is 13.5. The van der Waals surface area contributed by atoms with Gasteiger partial charge in [0.15, 0.2) is 0 Å². The Balaban J connectivity index is 1.75. The number of aromatic nitrogens is 1. The fourth-order valence-electron chi connectivity index (χ4n) is 4.19. The van der Waals surface area contributed by atoms with Crippen molar-refractivity contribution in [3.8, 4) is 5.75 Å². The van der Waals surface area contributed by atoms with E-state index in [0.717, 1.165) is 16.5 Å². The van der Waals surface area contributed by atoms with Crippen molar-refractivity contribution >= 4 is 59.0 Å². The summed E-state index contributed by atoms with van der Waals surface area (Å²) in [7, 11) is 0. The molecule has 2 aromatic carbocycles. The first-order valence-corrected chi connectivity index (χ1v) is 15.0. The molecule has 1 aromatic heterocycles. The standard InChI is InChI=1S/C28H35N5O6S2/c1-41-11-10-20(29)25(35)31-22(13-17-14-30-21-5-3-2-4-19(17)21)26(36)33-24(15-40)27(37)32-23(28(38)39)12-16-6-8-18(34)9-7-16/h2-9,14,20,22-24,30,34,40H,10-13,15,29H2,1H3,(H,31,35)(H,32,37)(H,33,36)(H,38,39). The minimum Gasteiger partial charge on any atom is -0.508 e. The van der Waals surface area contributed by atoms with E-state index in [0.29, 0.717) is 17.7 Å². The van der Waals surface area contributed by atoms with Gasteiger partial charge in [-0.2, -0.15) is 24.4 Å². The normalized spacial score (nSPS) is 14.0. The maximum Gasteiger partial charge on any atom is 0.326 e. The lowest BCUT2D eigenvalue weighted by atomic mass is 10.0. The second kappa shape index (κ2) is 15.4. The molecule has 0 saturated heterocycles. The lowest BCUT2D eigenvalue weighted by Gasteiger charge is -2.24. The molecule has 13 heteroatoms. The van der Waals surface area contributed by atoms with E-state index in [1.54, 1.807) is 30.1 Å². The van der Waals surface area contributed by atoms with Crippen LogP contribution in [0.5, 0.6) is 5.75 Å². The first-order chi connectivity index (χ1) is 19.6. The van der Waals surface area contributed by atoms with Crippen LogP contribution in [-0.2, 0) is 32.0 Å². The number of rotatable bonds is 15. The van der Waals surface area contributed by atoms with Gasteiger partial charge in [0.25, 0.3) is 0 Å². The minimum atomic E-state index is -1.29. The van der Waals surface area contributed by atoms with Gasteiger partial charge < -0.3 is 36.9 Å². The van der Waals surface area contributed by atoms with Gasteiger partial charge in [-0.05, 0) is 47.8 Å². The second-order valence-electron chi connectivity index (χ2n) is 9.53. The van der Waals surface area contributed by atoms with Gasteiger partial charge in [0.05, 0.1) is 6.04 Å². The molecule has 0 spiro atoms. The minimum absolute atomic E-state index is 0.0296. The van der Waals surface area contributed by atoms with E-state index < -0.39 is 47.9 Å². The van der Waals surface area contributed by atoms with E-state index >= 15 is 0 Å². The van der Waals surface area contributed by atoms with Gasteiger partial charge in [0.1, 0.15) is 23.9 Å². The van der Waals surface area contributed by atoms with Crippen LogP contribution in [0.25, 0.3) is 10.9 Å². The fraction of sp³-hybridized carbons (Fsp3) is 0.357. The number of carboxylic acid groups (broad SMARTS) is 1. The zero-order chi connectivity index (χ0) is 29.9. The molecule has 41 heavy (non-hydrogen) atoms. The number of phenols is 1. The first kappa shape index (κ1) is 31.8. The molecule has 0 aliphatic heterocycles. The van der Waals surface area contributed by atoms with Crippen molar-refractivity contribution in [2.75, 3.05) is 17.8 Å². The van der Waals surface area contributed by atoms with Crippen LogP contribution in [0.4, 0.5) is 0 Å². The van der Waals surface area contributed by atoms with E-state index in [4.69, 9.17) is 5.73 Å². The Kier molecular flexibility index (Phi) is 11.9. The van der Waals surface area contributed by atoms with Crippen LogP contribution >= 0.6 is 24.4 Å². The van der Waals surface area contributed by atoms with Gasteiger partial charge in [-0.1, -0.05) is 30.3 Å². The zero-order valence-electron chi connectivity index (χ0n) is 22.5. The SMILES string of the molecule is CSCCC(N)C(=O)NC(Cc1c[nH]c2ccccc12)C(=O)NC(CS)C(=O)NC(Cc1ccc(O)cc1)C(=O)O. The van der Waals surface area contributed by atoms with E-state index in [2.05, 4.69) is 33.6 Å². The van der Waals surface area contributed by atoms with Crippen molar-refractivity contribution in [2.24, 2.45) is 5.73 Å². The monoisotopic (exact) mass is 601 g/mol. The van der Waals surface area contributed by atoms with Crippen LogP contribution in [-0.4, -0.2) is 80.8 Å². The van der Waals surface area contributed by atoms with E-state index in [1.807, 2.05) is 30.5 Å². The number of carboxylic acids is 1. The highest BCUT2D eigenvalue weighted by molar-refractivity contribution is 7.98. The number of amides is 3. The summed E-state index contributed by atoms with van der Waals surface area (Å²) >= 11 is 5.75. The van der Waals surface area contributed by atoms with Crippen molar-refractivity contribution in [3.63, 3.8) is 0 Å². The van der Waals surface area contributed by atoms with Gasteiger partial charge in [-0.3, -0.25) is 14.4 Å². The van der Waals surface area contributed by atoms with Gasteiger partial charge in [0, 0.05) is 35.7 Å². The Morgan fingerprint density at radius 1 is 0.927 bits per heavy atom. The maximum absolute atomic E-state index is 13.5. The molecule has 0 fully saturated rings. The number of carbonyl (C=O) groups is 4. The number of phenolic OH excluding ortho intramolecular Hbond substituents is 1.